The molecule has 7 heteroatoms. The van der Waals surface area contributed by atoms with E-state index in [-0.39, 0.29) is 18.1 Å². The number of nitriles is 1. The van der Waals surface area contributed by atoms with Crippen molar-refractivity contribution >= 4 is 44.9 Å². The molecule has 23 heavy (non-hydrogen) atoms. The summed E-state index contributed by atoms with van der Waals surface area (Å²) in [4.78, 5) is 18.0. The van der Waals surface area contributed by atoms with Crippen molar-refractivity contribution in [3.8, 4) is 6.07 Å². The monoisotopic (exact) mass is 392 g/mol. The van der Waals surface area contributed by atoms with E-state index in [1.54, 1.807) is 24.1 Å². The Bertz CT molecular complexity index is 788. The highest BCUT2D eigenvalue weighted by atomic mass is 79.9. The fraction of sp³-hybridized carbons (Fsp3) is 0.188. The summed E-state index contributed by atoms with van der Waals surface area (Å²) in [6.07, 6.45) is 0. The van der Waals surface area contributed by atoms with Crippen molar-refractivity contribution < 1.29 is 4.79 Å². The van der Waals surface area contributed by atoms with Gasteiger partial charge in [-0.25, -0.2) is 4.98 Å². The van der Waals surface area contributed by atoms with Gasteiger partial charge in [0, 0.05) is 17.2 Å². The number of amides is 1. The zero-order chi connectivity index (χ0) is 17.0. The molecule has 5 nitrogen and oxygen atoms in total. The molecule has 1 heterocycles. The molecule has 0 spiro atoms. The molecule has 0 bridgehead atoms. The van der Waals surface area contributed by atoms with E-state index >= 15 is 0 Å². The number of anilines is 2. The van der Waals surface area contributed by atoms with Crippen LogP contribution < -0.4 is 10.2 Å². The number of halogens is 2. The van der Waals surface area contributed by atoms with Crippen LogP contribution in [0, 0.1) is 18.3 Å². The predicted octanol–water partition coefficient (Wildman–Crippen LogP) is 3.75. The quantitative estimate of drug-likeness (QED) is 0.859. The molecule has 0 radical (unpaired) electrons. The average Bonchev–Trinajstić information content (AvgIpc) is 2.50. The summed E-state index contributed by atoms with van der Waals surface area (Å²) in [6.45, 7) is 2.03. The molecule has 0 fully saturated rings. The molecule has 0 aliphatic rings. The molecule has 2 aromatic rings. The first-order valence-corrected chi connectivity index (χ1v) is 7.91. The number of rotatable bonds is 4. The van der Waals surface area contributed by atoms with Gasteiger partial charge in [0.15, 0.2) is 5.69 Å². The zero-order valence-corrected chi connectivity index (χ0v) is 14.9. The molecule has 118 valence electrons. The number of hydrogen-bond donors (Lipinski definition) is 1. The molecule has 0 atom stereocenters. The van der Waals surface area contributed by atoms with Crippen LogP contribution in [0.2, 0.25) is 5.02 Å². The van der Waals surface area contributed by atoms with Crippen LogP contribution in [-0.2, 0) is 4.79 Å². The Morgan fingerprint density at radius 3 is 2.83 bits per heavy atom. The number of benzene rings is 1. The molecule has 1 aromatic heterocycles. The summed E-state index contributed by atoms with van der Waals surface area (Å²) in [5.74, 6) is 0.335. The average molecular weight is 394 g/mol. The van der Waals surface area contributed by atoms with Crippen LogP contribution in [-0.4, -0.2) is 24.5 Å². The van der Waals surface area contributed by atoms with E-state index < -0.39 is 0 Å². The van der Waals surface area contributed by atoms with Gasteiger partial charge in [0.1, 0.15) is 11.9 Å². The van der Waals surface area contributed by atoms with Gasteiger partial charge in [-0.05, 0) is 42.8 Å². The van der Waals surface area contributed by atoms with E-state index in [0.717, 1.165) is 15.7 Å². The second-order valence-corrected chi connectivity index (χ2v) is 6.30. The molecule has 0 aliphatic heterocycles. The van der Waals surface area contributed by atoms with Crippen LogP contribution in [0.1, 0.15) is 11.3 Å². The molecule has 0 saturated heterocycles. The third-order valence-electron chi connectivity index (χ3n) is 3.17. The van der Waals surface area contributed by atoms with Gasteiger partial charge in [-0.2, -0.15) is 5.26 Å². The van der Waals surface area contributed by atoms with Crippen LogP contribution in [0.25, 0.3) is 0 Å². The van der Waals surface area contributed by atoms with Gasteiger partial charge in [-0.1, -0.05) is 27.5 Å². The highest BCUT2D eigenvalue weighted by molar-refractivity contribution is 9.10. The number of nitrogens with one attached hydrogen (secondary N) is 1. The summed E-state index contributed by atoms with van der Waals surface area (Å²) >= 11 is 9.24. The van der Waals surface area contributed by atoms with Crippen LogP contribution >= 0.6 is 27.5 Å². The number of aromatic nitrogens is 1. The maximum absolute atomic E-state index is 12.2. The number of pyridine rings is 1. The summed E-state index contributed by atoms with van der Waals surface area (Å²) in [6, 6.07) is 10.8. The van der Waals surface area contributed by atoms with E-state index in [9.17, 15) is 4.79 Å². The van der Waals surface area contributed by atoms with Gasteiger partial charge < -0.3 is 10.2 Å². The van der Waals surface area contributed by atoms with Crippen LogP contribution in [0.3, 0.4) is 0 Å². The molecule has 1 amide bonds. The lowest BCUT2D eigenvalue weighted by Crippen LogP contribution is -2.30. The molecule has 1 aromatic carbocycles. The fourth-order valence-corrected chi connectivity index (χ4v) is 2.60. The van der Waals surface area contributed by atoms with E-state index in [0.29, 0.717) is 10.8 Å². The van der Waals surface area contributed by atoms with Crippen LogP contribution in [0.5, 0.6) is 0 Å². The Labute approximate surface area is 148 Å². The van der Waals surface area contributed by atoms with E-state index in [1.807, 2.05) is 31.2 Å². The smallest absolute Gasteiger partial charge is 0.243 e. The highest BCUT2D eigenvalue weighted by Crippen LogP contribution is 2.21. The lowest BCUT2D eigenvalue weighted by molar-refractivity contribution is -0.114. The maximum Gasteiger partial charge on any atom is 0.243 e. The third-order valence-corrected chi connectivity index (χ3v) is 3.97. The summed E-state index contributed by atoms with van der Waals surface area (Å²) in [5.41, 5.74) is 1.86. The second kappa shape index (κ2) is 7.44. The van der Waals surface area contributed by atoms with Crippen molar-refractivity contribution in [2.75, 3.05) is 23.8 Å². The first-order chi connectivity index (χ1) is 10.9. The minimum absolute atomic E-state index is 0.106. The van der Waals surface area contributed by atoms with E-state index in [1.165, 1.54) is 0 Å². The fourth-order valence-electron chi connectivity index (χ4n) is 1.98. The van der Waals surface area contributed by atoms with Gasteiger partial charge >= 0.3 is 0 Å². The van der Waals surface area contributed by atoms with Crippen LogP contribution in [0.4, 0.5) is 11.5 Å². The normalized spacial score (nSPS) is 10.0. The molecule has 0 saturated carbocycles. The van der Waals surface area contributed by atoms with Crippen molar-refractivity contribution in [2.24, 2.45) is 0 Å². The Morgan fingerprint density at radius 2 is 2.17 bits per heavy atom. The first-order valence-electron chi connectivity index (χ1n) is 6.74. The third kappa shape index (κ3) is 4.44. The first kappa shape index (κ1) is 17.3. The topological polar surface area (TPSA) is 69.0 Å². The number of carbonyl (C=O) groups excluding carboxylic acids is 1. The zero-order valence-electron chi connectivity index (χ0n) is 12.6. The molecule has 0 unspecified atom stereocenters. The lowest BCUT2D eigenvalue weighted by atomic mass is 10.2. The summed E-state index contributed by atoms with van der Waals surface area (Å²) in [7, 11) is 1.73. The van der Waals surface area contributed by atoms with E-state index in [4.69, 9.17) is 16.9 Å². The van der Waals surface area contributed by atoms with Gasteiger partial charge in [0.05, 0.1) is 11.6 Å². The molecule has 2 rings (SSSR count). The number of hydrogen-bond acceptors (Lipinski definition) is 4. The van der Waals surface area contributed by atoms with Gasteiger partial charge in [-0.3, -0.25) is 4.79 Å². The Hall–Kier alpha value is -2.10. The minimum atomic E-state index is -0.173. The predicted molar refractivity (Wildman–Crippen MR) is 94.7 cm³/mol. The highest BCUT2D eigenvalue weighted by Gasteiger charge is 2.12. The lowest BCUT2D eigenvalue weighted by Gasteiger charge is -2.18. The Kier molecular flexibility index (Phi) is 5.59. The molecule has 0 aliphatic carbocycles. The SMILES string of the molecule is Cc1cc(Br)ccc1NC(=O)CN(C)c1ccc(Cl)c(C#N)n1. The number of aryl methyl sites for hydroxylation is 1. The van der Waals surface area contributed by atoms with Crippen molar-refractivity contribution in [3.05, 3.63) is 51.1 Å². The van der Waals surface area contributed by atoms with E-state index in [2.05, 4.69) is 26.2 Å². The summed E-state index contributed by atoms with van der Waals surface area (Å²) in [5, 5.41) is 12.1. The Morgan fingerprint density at radius 1 is 1.43 bits per heavy atom. The standard InChI is InChI=1S/C16H14BrClN4O/c1-10-7-11(17)3-5-13(10)21-16(23)9-22(2)15-6-4-12(18)14(8-19)20-15/h3-7H,9H2,1-2H3,(H,21,23). The van der Waals surface area contributed by atoms with Crippen molar-refractivity contribution in [1.29, 1.82) is 5.26 Å². The maximum atomic E-state index is 12.2. The number of carbonyl (C=O) groups is 1. The Balaban J connectivity index is 2.06. The van der Waals surface area contributed by atoms with Crippen molar-refractivity contribution in [2.45, 2.75) is 6.92 Å². The largest absolute Gasteiger partial charge is 0.350 e. The molecule has 1 N–H and O–H groups in total. The van der Waals surface area contributed by atoms with Crippen molar-refractivity contribution in [1.82, 2.24) is 4.98 Å². The molecular weight excluding hydrogens is 380 g/mol. The number of nitrogens with zero attached hydrogens (tertiary/aromatic N) is 3. The van der Waals surface area contributed by atoms with Gasteiger partial charge in [0.2, 0.25) is 5.91 Å². The molecular formula is C16H14BrClN4O. The van der Waals surface area contributed by atoms with Crippen LogP contribution in [0.15, 0.2) is 34.8 Å². The minimum Gasteiger partial charge on any atom is -0.350 e. The van der Waals surface area contributed by atoms with Crippen molar-refractivity contribution in [3.63, 3.8) is 0 Å². The number of likely N-dealkylation sites (N-methyl/N-ethyl adjacent to an activating group) is 1. The van der Waals surface area contributed by atoms with Gasteiger partial charge in [-0.15, -0.1) is 0 Å². The summed E-state index contributed by atoms with van der Waals surface area (Å²) < 4.78 is 0.958. The second-order valence-electron chi connectivity index (χ2n) is 4.98. The van der Waals surface area contributed by atoms with Gasteiger partial charge in [0.25, 0.3) is 0 Å².